The molecule has 0 radical (unpaired) electrons. The predicted octanol–water partition coefficient (Wildman–Crippen LogP) is 2.69. The second-order valence-electron chi connectivity index (χ2n) is 4.87. The third kappa shape index (κ3) is 5.07. The minimum Gasteiger partial charge on any atom is -0.497 e. The van der Waals surface area contributed by atoms with E-state index in [0.29, 0.717) is 6.04 Å². The minimum absolute atomic E-state index is 0.429. The molecule has 18 heavy (non-hydrogen) atoms. The lowest BCUT2D eigenvalue weighted by Gasteiger charge is -2.21. The predicted molar refractivity (Wildman–Crippen MR) is 77.2 cm³/mol. The van der Waals surface area contributed by atoms with Crippen molar-refractivity contribution in [3.05, 3.63) is 29.8 Å². The number of rotatable bonds is 8. The second-order valence-corrected chi connectivity index (χ2v) is 4.87. The molecule has 102 valence electrons. The van der Waals surface area contributed by atoms with Gasteiger partial charge in [-0.05, 0) is 57.7 Å². The average molecular weight is 250 g/mol. The van der Waals surface area contributed by atoms with Crippen LogP contribution in [0, 0.1) is 0 Å². The van der Waals surface area contributed by atoms with Crippen molar-refractivity contribution in [2.24, 2.45) is 0 Å². The molecule has 1 unspecified atom stereocenters. The minimum atomic E-state index is 0.429. The highest BCUT2D eigenvalue weighted by Gasteiger charge is 2.10. The Morgan fingerprint density at radius 3 is 2.39 bits per heavy atom. The van der Waals surface area contributed by atoms with Gasteiger partial charge >= 0.3 is 0 Å². The van der Waals surface area contributed by atoms with Gasteiger partial charge in [0.1, 0.15) is 5.75 Å². The lowest BCUT2D eigenvalue weighted by atomic mass is 10.0. The molecule has 1 aromatic carbocycles. The maximum atomic E-state index is 5.20. The fourth-order valence-electron chi connectivity index (χ4n) is 1.93. The third-order valence-corrected chi connectivity index (χ3v) is 3.02. The fourth-order valence-corrected chi connectivity index (χ4v) is 1.93. The summed E-state index contributed by atoms with van der Waals surface area (Å²) >= 11 is 0. The van der Waals surface area contributed by atoms with Crippen LogP contribution in [0.1, 0.15) is 31.4 Å². The summed E-state index contributed by atoms with van der Waals surface area (Å²) in [6.45, 7) is 4.35. The average Bonchev–Trinajstić information content (AvgIpc) is 2.39. The Kier molecular flexibility index (Phi) is 6.76. The van der Waals surface area contributed by atoms with E-state index in [2.05, 4.69) is 43.4 Å². The van der Waals surface area contributed by atoms with Crippen LogP contribution in [0.5, 0.6) is 5.75 Å². The van der Waals surface area contributed by atoms with Crippen molar-refractivity contribution >= 4 is 0 Å². The fraction of sp³-hybridized carbons (Fsp3) is 0.600. The highest BCUT2D eigenvalue weighted by molar-refractivity contribution is 5.29. The first-order valence-electron chi connectivity index (χ1n) is 6.69. The Morgan fingerprint density at radius 1 is 1.22 bits per heavy atom. The quantitative estimate of drug-likeness (QED) is 0.767. The molecular formula is C15H26N2O. The van der Waals surface area contributed by atoms with Gasteiger partial charge in [-0.2, -0.15) is 0 Å². The molecule has 0 saturated carbocycles. The van der Waals surface area contributed by atoms with Gasteiger partial charge in [0.2, 0.25) is 0 Å². The van der Waals surface area contributed by atoms with Crippen LogP contribution >= 0.6 is 0 Å². The van der Waals surface area contributed by atoms with Crippen molar-refractivity contribution in [1.82, 2.24) is 10.2 Å². The van der Waals surface area contributed by atoms with Crippen LogP contribution in [-0.4, -0.2) is 39.2 Å². The van der Waals surface area contributed by atoms with Gasteiger partial charge in [0.15, 0.2) is 0 Å². The summed E-state index contributed by atoms with van der Waals surface area (Å²) in [6.07, 6.45) is 2.29. The molecule has 0 fully saturated rings. The molecule has 1 rings (SSSR count). The van der Waals surface area contributed by atoms with Crippen molar-refractivity contribution in [2.45, 2.75) is 25.8 Å². The smallest absolute Gasteiger partial charge is 0.118 e. The molecule has 0 aromatic heterocycles. The largest absolute Gasteiger partial charge is 0.497 e. The number of nitrogens with one attached hydrogen (secondary N) is 1. The lowest BCUT2D eigenvalue weighted by molar-refractivity contribution is 0.360. The maximum Gasteiger partial charge on any atom is 0.118 e. The Bertz CT molecular complexity index is 322. The van der Waals surface area contributed by atoms with Gasteiger partial charge in [0.05, 0.1) is 7.11 Å². The van der Waals surface area contributed by atoms with Crippen LogP contribution < -0.4 is 10.1 Å². The number of hydrogen-bond donors (Lipinski definition) is 1. The van der Waals surface area contributed by atoms with Crippen LogP contribution in [0.15, 0.2) is 24.3 Å². The van der Waals surface area contributed by atoms with E-state index < -0.39 is 0 Å². The zero-order valence-corrected chi connectivity index (χ0v) is 12.1. The van der Waals surface area contributed by atoms with Gasteiger partial charge in [0, 0.05) is 6.04 Å². The summed E-state index contributed by atoms with van der Waals surface area (Å²) in [4.78, 5) is 2.23. The first kappa shape index (κ1) is 15.0. The summed E-state index contributed by atoms with van der Waals surface area (Å²) in [5, 5.41) is 3.61. The molecule has 3 heteroatoms. The SMILES string of the molecule is CCCNC(CCN(C)C)c1ccc(OC)cc1. The van der Waals surface area contributed by atoms with Crippen molar-refractivity contribution in [1.29, 1.82) is 0 Å². The maximum absolute atomic E-state index is 5.20. The van der Waals surface area contributed by atoms with Crippen molar-refractivity contribution in [3.63, 3.8) is 0 Å². The standard InChI is InChI=1S/C15H26N2O/c1-5-11-16-15(10-12-17(2)3)13-6-8-14(18-4)9-7-13/h6-9,15-16H,5,10-12H2,1-4H3. The number of hydrogen-bond acceptors (Lipinski definition) is 3. The number of nitrogens with zero attached hydrogens (tertiary/aromatic N) is 1. The number of methoxy groups -OCH3 is 1. The topological polar surface area (TPSA) is 24.5 Å². The Balaban J connectivity index is 2.66. The van der Waals surface area contributed by atoms with Crippen molar-refractivity contribution in [3.8, 4) is 5.75 Å². The van der Waals surface area contributed by atoms with Crippen molar-refractivity contribution in [2.75, 3.05) is 34.3 Å². The summed E-state index contributed by atoms with van der Waals surface area (Å²) in [5.74, 6) is 0.917. The van der Waals surface area contributed by atoms with Gasteiger partial charge in [-0.1, -0.05) is 19.1 Å². The van der Waals surface area contributed by atoms with E-state index in [4.69, 9.17) is 4.74 Å². The van der Waals surface area contributed by atoms with Gasteiger partial charge in [-0.3, -0.25) is 0 Å². The summed E-state index contributed by atoms with van der Waals surface area (Å²) in [7, 11) is 5.93. The first-order chi connectivity index (χ1) is 8.67. The molecule has 0 heterocycles. The Morgan fingerprint density at radius 2 is 1.89 bits per heavy atom. The van der Waals surface area contributed by atoms with E-state index in [1.165, 1.54) is 5.56 Å². The summed E-state index contributed by atoms with van der Waals surface area (Å²) in [6, 6.07) is 8.80. The van der Waals surface area contributed by atoms with Gasteiger partial charge < -0.3 is 15.0 Å². The van der Waals surface area contributed by atoms with E-state index in [0.717, 1.165) is 31.7 Å². The van der Waals surface area contributed by atoms with E-state index in [9.17, 15) is 0 Å². The van der Waals surface area contributed by atoms with Crippen LogP contribution in [-0.2, 0) is 0 Å². The molecule has 0 amide bonds. The number of ether oxygens (including phenoxy) is 1. The molecule has 0 bridgehead atoms. The van der Waals surface area contributed by atoms with Gasteiger partial charge in [-0.15, -0.1) is 0 Å². The monoisotopic (exact) mass is 250 g/mol. The normalized spacial score (nSPS) is 12.7. The molecule has 0 aliphatic carbocycles. The van der Waals surface area contributed by atoms with E-state index in [1.807, 2.05) is 12.1 Å². The Labute approximate surface area is 111 Å². The second kappa shape index (κ2) is 8.11. The van der Waals surface area contributed by atoms with E-state index >= 15 is 0 Å². The van der Waals surface area contributed by atoms with E-state index in [1.54, 1.807) is 7.11 Å². The van der Waals surface area contributed by atoms with Crippen LogP contribution in [0.4, 0.5) is 0 Å². The van der Waals surface area contributed by atoms with Crippen LogP contribution in [0.25, 0.3) is 0 Å². The van der Waals surface area contributed by atoms with Crippen molar-refractivity contribution < 1.29 is 4.74 Å². The molecule has 1 aromatic rings. The van der Waals surface area contributed by atoms with Gasteiger partial charge in [0.25, 0.3) is 0 Å². The summed E-state index contributed by atoms with van der Waals surface area (Å²) < 4.78 is 5.20. The highest BCUT2D eigenvalue weighted by atomic mass is 16.5. The zero-order chi connectivity index (χ0) is 13.4. The molecule has 0 aliphatic heterocycles. The zero-order valence-electron chi connectivity index (χ0n) is 12.1. The Hall–Kier alpha value is -1.06. The molecule has 0 saturated heterocycles. The van der Waals surface area contributed by atoms with Crippen LogP contribution in [0.3, 0.4) is 0 Å². The molecule has 0 aliphatic rings. The number of benzene rings is 1. The molecule has 1 N–H and O–H groups in total. The molecule has 1 atom stereocenters. The summed E-state index contributed by atoms with van der Waals surface area (Å²) in [5.41, 5.74) is 1.34. The molecule has 3 nitrogen and oxygen atoms in total. The van der Waals surface area contributed by atoms with Gasteiger partial charge in [-0.25, -0.2) is 0 Å². The third-order valence-electron chi connectivity index (χ3n) is 3.02. The first-order valence-corrected chi connectivity index (χ1v) is 6.69. The van der Waals surface area contributed by atoms with Crippen LogP contribution in [0.2, 0.25) is 0 Å². The molecule has 0 spiro atoms. The van der Waals surface area contributed by atoms with E-state index in [-0.39, 0.29) is 0 Å². The highest BCUT2D eigenvalue weighted by Crippen LogP contribution is 2.20. The lowest BCUT2D eigenvalue weighted by Crippen LogP contribution is -2.26. The molecular weight excluding hydrogens is 224 g/mol.